The van der Waals surface area contributed by atoms with Crippen LogP contribution in [0.25, 0.3) is 0 Å². The van der Waals surface area contributed by atoms with Crippen LogP contribution in [0.3, 0.4) is 0 Å². The summed E-state index contributed by atoms with van der Waals surface area (Å²) in [5, 5.41) is 20.6. The molecule has 7 heteroatoms. The van der Waals surface area contributed by atoms with Crippen molar-refractivity contribution in [3.63, 3.8) is 0 Å². The Labute approximate surface area is 118 Å². The van der Waals surface area contributed by atoms with Gasteiger partial charge in [0.1, 0.15) is 0 Å². The second-order valence-electron chi connectivity index (χ2n) is 5.24. The Balaban J connectivity index is 2.53. The van der Waals surface area contributed by atoms with Gasteiger partial charge in [-0.15, -0.1) is 5.10 Å². The number of hydrogen-bond acceptors (Lipinski definition) is 6. The Kier molecular flexibility index (Phi) is 4.08. The van der Waals surface area contributed by atoms with Gasteiger partial charge in [-0.25, -0.2) is 0 Å². The fourth-order valence-electron chi connectivity index (χ4n) is 2.35. The highest BCUT2D eigenvalue weighted by atomic mass is 16.5. The average Bonchev–Trinajstić information content (AvgIpc) is 2.43. The Hall–Kier alpha value is -1.89. The zero-order chi connectivity index (χ0) is 14.9. The maximum atomic E-state index is 9.02. The molecule has 1 saturated heterocycles. The van der Waals surface area contributed by atoms with Crippen molar-refractivity contribution in [3.05, 3.63) is 16.8 Å². The minimum Gasteiger partial charge on any atom is -0.409 e. The lowest BCUT2D eigenvalue weighted by Crippen LogP contribution is -2.48. The van der Waals surface area contributed by atoms with Gasteiger partial charge in [-0.3, -0.25) is 0 Å². The third-order valence-electron chi connectivity index (χ3n) is 3.68. The average molecular weight is 279 g/mol. The van der Waals surface area contributed by atoms with Crippen molar-refractivity contribution < 1.29 is 9.94 Å². The van der Waals surface area contributed by atoms with Gasteiger partial charge in [0.15, 0.2) is 11.7 Å². The third-order valence-corrected chi connectivity index (χ3v) is 3.68. The molecule has 2 atom stereocenters. The van der Waals surface area contributed by atoms with Crippen molar-refractivity contribution in [3.8, 4) is 0 Å². The van der Waals surface area contributed by atoms with Gasteiger partial charge in [0.25, 0.3) is 0 Å². The van der Waals surface area contributed by atoms with Gasteiger partial charge < -0.3 is 20.6 Å². The number of aromatic nitrogens is 2. The van der Waals surface area contributed by atoms with E-state index in [1.165, 1.54) is 0 Å². The topological polar surface area (TPSA) is 96.9 Å². The first kappa shape index (κ1) is 14.5. The number of nitrogens with two attached hydrogens (primary N) is 1. The molecule has 0 bridgehead atoms. The highest BCUT2D eigenvalue weighted by Gasteiger charge is 2.29. The lowest BCUT2D eigenvalue weighted by atomic mass is 10.1. The van der Waals surface area contributed by atoms with E-state index in [9.17, 15) is 0 Å². The lowest BCUT2D eigenvalue weighted by molar-refractivity contribution is 0.0339. The van der Waals surface area contributed by atoms with E-state index in [-0.39, 0.29) is 18.0 Å². The molecule has 1 fully saturated rings. The normalized spacial score (nSPS) is 24.0. The fourth-order valence-corrected chi connectivity index (χ4v) is 2.35. The summed E-state index contributed by atoms with van der Waals surface area (Å²) in [5.74, 6) is 0.702. The van der Waals surface area contributed by atoms with E-state index in [0.717, 1.165) is 11.3 Å². The zero-order valence-corrected chi connectivity index (χ0v) is 12.3. The SMILES string of the molecule is Cc1nnc(N2CC(C)OCC2C)c(/C(N)=N/O)c1C. The van der Waals surface area contributed by atoms with Gasteiger partial charge >= 0.3 is 0 Å². The number of rotatable bonds is 2. The van der Waals surface area contributed by atoms with Crippen LogP contribution in [0.15, 0.2) is 5.16 Å². The predicted molar refractivity (Wildman–Crippen MR) is 76.2 cm³/mol. The molecular weight excluding hydrogens is 258 g/mol. The third kappa shape index (κ3) is 2.53. The van der Waals surface area contributed by atoms with Gasteiger partial charge in [-0.2, -0.15) is 5.10 Å². The van der Waals surface area contributed by atoms with Crippen molar-refractivity contribution in [1.82, 2.24) is 10.2 Å². The molecule has 0 aromatic carbocycles. The summed E-state index contributed by atoms with van der Waals surface area (Å²) in [5.41, 5.74) is 8.11. The van der Waals surface area contributed by atoms with Crippen LogP contribution in [0.2, 0.25) is 0 Å². The van der Waals surface area contributed by atoms with E-state index >= 15 is 0 Å². The predicted octanol–water partition coefficient (Wildman–Crippen LogP) is 0.802. The lowest BCUT2D eigenvalue weighted by Gasteiger charge is -2.38. The van der Waals surface area contributed by atoms with E-state index in [4.69, 9.17) is 15.7 Å². The van der Waals surface area contributed by atoms with Crippen LogP contribution >= 0.6 is 0 Å². The van der Waals surface area contributed by atoms with E-state index in [0.29, 0.717) is 24.5 Å². The number of oxime groups is 1. The van der Waals surface area contributed by atoms with Crippen LogP contribution < -0.4 is 10.6 Å². The van der Waals surface area contributed by atoms with Crippen molar-refractivity contribution >= 4 is 11.7 Å². The van der Waals surface area contributed by atoms with Crippen LogP contribution in [-0.4, -0.2) is 46.5 Å². The number of hydrogen-bond donors (Lipinski definition) is 2. The standard InChI is InChI=1S/C13H21N5O2/c1-7-6-20-8(2)5-18(7)13-11(12(14)17-19)9(3)10(4)15-16-13/h7-8,19H,5-6H2,1-4H3,(H2,14,17). The highest BCUT2D eigenvalue weighted by Crippen LogP contribution is 2.26. The molecule has 0 spiro atoms. The maximum Gasteiger partial charge on any atom is 0.174 e. The molecule has 7 nitrogen and oxygen atoms in total. The van der Waals surface area contributed by atoms with Crippen LogP contribution in [0, 0.1) is 13.8 Å². The van der Waals surface area contributed by atoms with E-state index in [1.54, 1.807) is 0 Å². The first-order valence-electron chi connectivity index (χ1n) is 6.65. The largest absolute Gasteiger partial charge is 0.409 e. The summed E-state index contributed by atoms with van der Waals surface area (Å²) in [6.07, 6.45) is 0.106. The molecular formula is C13H21N5O2. The van der Waals surface area contributed by atoms with Crippen LogP contribution in [-0.2, 0) is 4.74 Å². The first-order valence-corrected chi connectivity index (χ1v) is 6.65. The molecule has 1 aliphatic rings. The number of amidine groups is 1. The van der Waals surface area contributed by atoms with Gasteiger partial charge in [0.05, 0.1) is 30.0 Å². The summed E-state index contributed by atoms with van der Waals surface area (Å²) >= 11 is 0. The summed E-state index contributed by atoms with van der Waals surface area (Å²) in [4.78, 5) is 2.10. The van der Waals surface area contributed by atoms with Gasteiger partial charge in [-0.05, 0) is 33.3 Å². The molecule has 2 rings (SSSR count). The number of ether oxygens (including phenoxy) is 1. The monoisotopic (exact) mass is 279 g/mol. The van der Waals surface area contributed by atoms with Gasteiger partial charge in [0.2, 0.25) is 0 Å². The molecule has 3 N–H and O–H groups in total. The number of aryl methyl sites for hydroxylation is 1. The zero-order valence-electron chi connectivity index (χ0n) is 12.3. The Morgan fingerprint density at radius 1 is 1.40 bits per heavy atom. The molecule has 110 valence electrons. The van der Waals surface area contributed by atoms with Gasteiger partial charge in [-0.1, -0.05) is 5.16 Å². The second kappa shape index (κ2) is 5.62. The quantitative estimate of drug-likeness (QED) is 0.360. The number of anilines is 1. The molecule has 1 aromatic rings. The van der Waals surface area contributed by atoms with Crippen molar-refractivity contribution in [1.29, 1.82) is 0 Å². The van der Waals surface area contributed by atoms with Crippen LogP contribution in [0.1, 0.15) is 30.7 Å². The summed E-state index contributed by atoms with van der Waals surface area (Å²) in [7, 11) is 0. The van der Waals surface area contributed by atoms with E-state index in [1.807, 2.05) is 20.8 Å². The Morgan fingerprint density at radius 3 is 2.75 bits per heavy atom. The Morgan fingerprint density at radius 2 is 2.10 bits per heavy atom. The number of nitrogens with zero attached hydrogens (tertiary/aromatic N) is 4. The smallest absolute Gasteiger partial charge is 0.174 e. The van der Waals surface area contributed by atoms with Crippen LogP contribution in [0.5, 0.6) is 0 Å². The fraction of sp³-hybridized carbons (Fsp3) is 0.615. The molecule has 0 amide bonds. The second-order valence-corrected chi connectivity index (χ2v) is 5.24. The first-order chi connectivity index (χ1) is 9.45. The van der Waals surface area contributed by atoms with Crippen LogP contribution in [0.4, 0.5) is 5.82 Å². The number of morpholine rings is 1. The molecule has 20 heavy (non-hydrogen) atoms. The summed E-state index contributed by atoms with van der Waals surface area (Å²) in [6, 6.07) is 0.160. The molecule has 2 heterocycles. The summed E-state index contributed by atoms with van der Waals surface area (Å²) < 4.78 is 5.62. The molecule has 1 aromatic heterocycles. The molecule has 0 saturated carbocycles. The van der Waals surface area contributed by atoms with Crippen molar-refractivity contribution in [2.24, 2.45) is 10.9 Å². The Bertz CT molecular complexity index is 532. The molecule has 0 aliphatic carbocycles. The molecule has 1 aliphatic heterocycles. The maximum absolute atomic E-state index is 9.02. The van der Waals surface area contributed by atoms with Crippen molar-refractivity contribution in [2.75, 3.05) is 18.1 Å². The minimum absolute atomic E-state index is 0.0573. The summed E-state index contributed by atoms with van der Waals surface area (Å²) in [6.45, 7) is 9.13. The molecule has 2 unspecified atom stereocenters. The highest BCUT2D eigenvalue weighted by molar-refractivity contribution is 6.02. The van der Waals surface area contributed by atoms with Gasteiger partial charge in [0, 0.05) is 6.54 Å². The van der Waals surface area contributed by atoms with Crippen molar-refractivity contribution in [2.45, 2.75) is 39.8 Å². The minimum atomic E-state index is 0.0573. The molecule has 0 radical (unpaired) electrons. The van der Waals surface area contributed by atoms with E-state index in [2.05, 4.69) is 27.2 Å². The van der Waals surface area contributed by atoms with E-state index < -0.39 is 0 Å².